The molecule has 1 heterocycles. The second-order valence-corrected chi connectivity index (χ2v) is 3.68. The van der Waals surface area contributed by atoms with Gasteiger partial charge in [-0.25, -0.2) is 4.39 Å². The fourth-order valence-corrected chi connectivity index (χ4v) is 1.58. The lowest BCUT2D eigenvalue weighted by atomic mass is 10.0. The molecule has 1 rings (SSSR count). The van der Waals surface area contributed by atoms with Crippen molar-refractivity contribution < 1.29 is 9.13 Å². The number of hydrogen-bond donors (Lipinski definition) is 1. The van der Waals surface area contributed by atoms with E-state index in [4.69, 9.17) is 4.74 Å². The van der Waals surface area contributed by atoms with E-state index in [1.807, 2.05) is 0 Å². The summed E-state index contributed by atoms with van der Waals surface area (Å²) in [7, 11) is 0. The van der Waals surface area contributed by atoms with Gasteiger partial charge in [0.05, 0.1) is 12.7 Å². The van der Waals surface area contributed by atoms with E-state index < -0.39 is 0 Å². The lowest BCUT2D eigenvalue weighted by molar-refractivity contribution is 0.0549. The van der Waals surface area contributed by atoms with E-state index in [1.54, 1.807) is 0 Å². The van der Waals surface area contributed by atoms with Crippen LogP contribution in [0.15, 0.2) is 0 Å². The lowest BCUT2D eigenvalue weighted by Crippen LogP contribution is -2.26. The van der Waals surface area contributed by atoms with Crippen LogP contribution in [0.25, 0.3) is 0 Å². The first kappa shape index (κ1) is 9.93. The molecule has 12 heavy (non-hydrogen) atoms. The van der Waals surface area contributed by atoms with E-state index in [0.717, 1.165) is 13.0 Å². The van der Waals surface area contributed by atoms with Crippen molar-refractivity contribution in [2.45, 2.75) is 32.4 Å². The van der Waals surface area contributed by atoms with Gasteiger partial charge in [-0.3, -0.25) is 0 Å². The Hall–Kier alpha value is -0.150. The largest absolute Gasteiger partial charge is 0.374 e. The minimum atomic E-state index is -0.372. The Morgan fingerprint density at radius 1 is 1.58 bits per heavy atom. The van der Waals surface area contributed by atoms with Crippen LogP contribution in [0.2, 0.25) is 0 Å². The molecule has 1 fully saturated rings. The Bertz CT molecular complexity index is 130. The first-order valence-corrected chi connectivity index (χ1v) is 4.65. The molecule has 0 aromatic heterocycles. The van der Waals surface area contributed by atoms with Gasteiger partial charge in [-0.05, 0) is 12.3 Å². The van der Waals surface area contributed by atoms with Gasteiger partial charge in [0, 0.05) is 12.6 Å². The Morgan fingerprint density at radius 2 is 2.33 bits per heavy atom. The molecule has 0 aromatic carbocycles. The summed E-state index contributed by atoms with van der Waals surface area (Å²) < 4.78 is 17.1. The zero-order valence-electron chi connectivity index (χ0n) is 7.85. The maximum Gasteiger partial charge on any atom is 0.113 e. The molecule has 0 saturated carbocycles. The first-order valence-electron chi connectivity index (χ1n) is 4.65. The zero-order chi connectivity index (χ0) is 8.97. The molecule has 2 atom stereocenters. The number of nitrogens with one attached hydrogen (secondary N) is 1. The standard InChI is InChI=1S/C9H18FNO/c1-7(2)9-5-8(6-11-9)12-4-3-10/h7-9,11H,3-6H2,1-2H3/t8-,9+/m1/s1. The van der Waals surface area contributed by atoms with Gasteiger partial charge in [0.2, 0.25) is 0 Å². The fourth-order valence-electron chi connectivity index (χ4n) is 1.58. The molecule has 1 saturated heterocycles. The molecule has 0 bridgehead atoms. The van der Waals surface area contributed by atoms with E-state index >= 15 is 0 Å². The lowest BCUT2D eigenvalue weighted by Gasteiger charge is -2.14. The number of halogens is 1. The van der Waals surface area contributed by atoms with Crippen LogP contribution in [0.4, 0.5) is 4.39 Å². The Labute approximate surface area is 73.5 Å². The second-order valence-electron chi connectivity index (χ2n) is 3.68. The second kappa shape index (κ2) is 4.77. The fraction of sp³-hybridized carbons (Fsp3) is 1.00. The van der Waals surface area contributed by atoms with Gasteiger partial charge in [-0.15, -0.1) is 0 Å². The van der Waals surface area contributed by atoms with Crippen LogP contribution >= 0.6 is 0 Å². The highest BCUT2D eigenvalue weighted by atomic mass is 19.1. The van der Waals surface area contributed by atoms with Gasteiger partial charge in [0.25, 0.3) is 0 Å². The minimum absolute atomic E-state index is 0.230. The van der Waals surface area contributed by atoms with Crippen molar-refractivity contribution in [2.24, 2.45) is 5.92 Å². The van der Waals surface area contributed by atoms with Crippen LogP contribution in [0.1, 0.15) is 20.3 Å². The van der Waals surface area contributed by atoms with E-state index in [1.165, 1.54) is 0 Å². The van der Waals surface area contributed by atoms with Crippen LogP contribution in [-0.4, -0.2) is 32.0 Å². The number of alkyl halides is 1. The van der Waals surface area contributed by atoms with Gasteiger partial charge in [0.15, 0.2) is 0 Å². The van der Waals surface area contributed by atoms with Crippen molar-refractivity contribution in [3.8, 4) is 0 Å². The SMILES string of the molecule is CC(C)[C@@H]1C[C@@H](OCCF)CN1. The molecule has 2 nitrogen and oxygen atoms in total. The molecule has 1 aliphatic rings. The first-order chi connectivity index (χ1) is 5.74. The normalized spacial score (nSPS) is 30.0. The predicted molar refractivity (Wildman–Crippen MR) is 47.0 cm³/mol. The van der Waals surface area contributed by atoms with Crippen LogP contribution < -0.4 is 5.32 Å². The Morgan fingerprint density at radius 3 is 2.83 bits per heavy atom. The van der Waals surface area contributed by atoms with Crippen molar-refractivity contribution in [2.75, 3.05) is 19.8 Å². The number of rotatable bonds is 4. The third-order valence-electron chi connectivity index (χ3n) is 2.36. The molecule has 0 amide bonds. The third kappa shape index (κ3) is 2.72. The van der Waals surface area contributed by atoms with Gasteiger partial charge in [-0.2, -0.15) is 0 Å². The molecule has 0 radical (unpaired) electrons. The summed E-state index contributed by atoms with van der Waals surface area (Å²) in [5, 5.41) is 3.37. The summed E-state index contributed by atoms with van der Waals surface area (Å²) >= 11 is 0. The van der Waals surface area contributed by atoms with E-state index in [0.29, 0.717) is 12.0 Å². The molecule has 1 N–H and O–H groups in total. The molecular formula is C9H18FNO. The zero-order valence-corrected chi connectivity index (χ0v) is 7.85. The summed E-state index contributed by atoms with van der Waals surface area (Å²) in [4.78, 5) is 0. The summed E-state index contributed by atoms with van der Waals surface area (Å²) in [5.74, 6) is 0.643. The van der Waals surface area contributed by atoms with E-state index in [-0.39, 0.29) is 19.4 Å². The molecule has 0 aliphatic carbocycles. The van der Waals surface area contributed by atoms with Crippen LogP contribution in [0.5, 0.6) is 0 Å². The highest BCUT2D eigenvalue weighted by molar-refractivity contribution is 4.84. The van der Waals surface area contributed by atoms with Crippen molar-refractivity contribution in [3.63, 3.8) is 0 Å². The van der Waals surface area contributed by atoms with Crippen molar-refractivity contribution in [1.29, 1.82) is 0 Å². The average Bonchev–Trinajstić information content (AvgIpc) is 2.48. The highest BCUT2D eigenvalue weighted by Crippen LogP contribution is 2.16. The molecule has 3 heteroatoms. The van der Waals surface area contributed by atoms with Crippen LogP contribution in [0.3, 0.4) is 0 Å². The third-order valence-corrected chi connectivity index (χ3v) is 2.36. The van der Waals surface area contributed by atoms with Gasteiger partial charge >= 0.3 is 0 Å². The Kier molecular flexibility index (Phi) is 3.95. The maximum absolute atomic E-state index is 11.8. The van der Waals surface area contributed by atoms with Gasteiger partial charge in [-0.1, -0.05) is 13.8 Å². The van der Waals surface area contributed by atoms with Gasteiger partial charge in [0.1, 0.15) is 6.67 Å². The van der Waals surface area contributed by atoms with E-state index in [2.05, 4.69) is 19.2 Å². The quantitative estimate of drug-likeness (QED) is 0.696. The maximum atomic E-state index is 11.8. The average molecular weight is 175 g/mol. The Balaban J connectivity index is 2.17. The summed E-state index contributed by atoms with van der Waals surface area (Å²) in [5.41, 5.74) is 0. The molecule has 72 valence electrons. The molecule has 0 spiro atoms. The van der Waals surface area contributed by atoms with Crippen molar-refractivity contribution >= 4 is 0 Å². The van der Waals surface area contributed by atoms with Crippen LogP contribution in [-0.2, 0) is 4.74 Å². The minimum Gasteiger partial charge on any atom is -0.374 e. The van der Waals surface area contributed by atoms with Crippen LogP contribution in [0, 0.1) is 5.92 Å². The smallest absolute Gasteiger partial charge is 0.113 e. The summed E-state index contributed by atoms with van der Waals surface area (Å²) in [6.45, 7) is 5.13. The monoisotopic (exact) mass is 175 g/mol. The predicted octanol–water partition coefficient (Wildman–Crippen LogP) is 1.36. The van der Waals surface area contributed by atoms with Crippen molar-refractivity contribution in [1.82, 2.24) is 5.32 Å². The van der Waals surface area contributed by atoms with Gasteiger partial charge < -0.3 is 10.1 Å². The highest BCUT2D eigenvalue weighted by Gasteiger charge is 2.26. The molecule has 0 aromatic rings. The molecular weight excluding hydrogens is 157 g/mol. The summed E-state index contributed by atoms with van der Waals surface area (Å²) in [6.07, 6.45) is 1.26. The molecule has 0 unspecified atom stereocenters. The van der Waals surface area contributed by atoms with Crippen molar-refractivity contribution in [3.05, 3.63) is 0 Å². The number of ether oxygens (including phenoxy) is 1. The van der Waals surface area contributed by atoms with E-state index in [9.17, 15) is 4.39 Å². The summed E-state index contributed by atoms with van der Waals surface area (Å²) in [6, 6.07) is 0.551. The molecule has 1 aliphatic heterocycles. The number of hydrogen-bond acceptors (Lipinski definition) is 2. The topological polar surface area (TPSA) is 21.3 Å².